The van der Waals surface area contributed by atoms with E-state index in [-0.39, 0.29) is 0 Å². The van der Waals surface area contributed by atoms with Gasteiger partial charge in [0.05, 0.1) is 0 Å². The van der Waals surface area contributed by atoms with Gasteiger partial charge in [-0.15, -0.1) is 0 Å². The fraction of sp³-hybridized carbons (Fsp3) is 0.545. The summed E-state index contributed by atoms with van der Waals surface area (Å²) in [5, 5.41) is 3.11. The molecule has 0 aliphatic carbocycles. The van der Waals surface area contributed by atoms with Gasteiger partial charge in [-0.3, -0.25) is 0 Å². The van der Waals surface area contributed by atoms with E-state index in [1.165, 1.54) is 63.2 Å². The standard InChI is InChI=1S/C22H32/c1-4-7-11-18-16-17-20(13-9-6-3)22-19(12-8-5-2)14-10-15-21(18)22/h10,14-17H,4-9,11-13H2,1-3H3. The van der Waals surface area contributed by atoms with Gasteiger partial charge >= 0.3 is 0 Å². The Kier molecular flexibility index (Phi) is 6.96. The first-order valence-corrected chi connectivity index (χ1v) is 9.34. The van der Waals surface area contributed by atoms with Crippen molar-refractivity contribution in [3.8, 4) is 0 Å². The Morgan fingerprint density at radius 1 is 0.591 bits per heavy atom. The van der Waals surface area contributed by atoms with E-state index in [1.807, 2.05) is 0 Å². The Hall–Kier alpha value is -1.30. The largest absolute Gasteiger partial charge is 0.0654 e. The summed E-state index contributed by atoms with van der Waals surface area (Å²) in [6.07, 6.45) is 11.4. The lowest BCUT2D eigenvalue weighted by molar-refractivity contribution is 0.785. The lowest BCUT2D eigenvalue weighted by Gasteiger charge is -2.15. The second-order valence-electron chi connectivity index (χ2n) is 6.53. The quantitative estimate of drug-likeness (QED) is 0.473. The van der Waals surface area contributed by atoms with Crippen LogP contribution in [0.25, 0.3) is 10.8 Å². The second-order valence-corrected chi connectivity index (χ2v) is 6.53. The number of hydrogen-bond acceptors (Lipinski definition) is 0. The van der Waals surface area contributed by atoms with Crippen molar-refractivity contribution in [3.05, 3.63) is 47.0 Å². The van der Waals surface area contributed by atoms with E-state index in [4.69, 9.17) is 0 Å². The SMILES string of the molecule is CCCCc1ccc(CCCC)c2c(CCCC)cccc12. The molecule has 0 fully saturated rings. The highest BCUT2D eigenvalue weighted by Crippen LogP contribution is 2.29. The van der Waals surface area contributed by atoms with Crippen LogP contribution < -0.4 is 0 Å². The molecule has 0 spiro atoms. The van der Waals surface area contributed by atoms with Gasteiger partial charge in [0.2, 0.25) is 0 Å². The smallest absolute Gasteiger partial charge is 0.0117 e. The normalized spacial score (nSPS) is 11.2. The van der Waals surface area contributed by atoms with Crippen LogP contribution in [0.15, 0.2) is 30.3 Å². The topological polar surface area (TPSA) is 0 Å². The molecule has 0 nitrogen and oxygen atoms in total. The molecule has 0 bridgehead atoms. The molecule has 0 heteroatoms. The molecule has 2 rings (SSSR count). The lowest BCUT2D eigenvalue weighted by Crippen LogP contribution is -1.97. The van der Waals surface area contributed by atoms with Gasteiger partial charge in [-0.2, -0.15) is 0 Å². The van der Waals surface area contributed by atoms with Crippen LogP contribution in [0.5, 0.6) is 0 Å². The minimum absolute atomic E-state index is 1.22. The fourth-order valence-corrected chi connectivity index (χ4v) is 3.36. The van der Waals surface area contributed by atoms with Gasteiger partial charge in [0.1, 0.15) is 0 Å². The molecule has 0 heterocycles. The summed E-state index contributed by atoms with van der Waals surface area (Å²) in [6, 6.07) is 11.8. The molecule has 0 saturated heterocycles. The maximum Gasteiger partial charge on any atom is -0.0117 e. The molecule has 0 saturated carbocycles. The van der Waals surface area contributed by atoms with Gasteiger partial charge in [-0.25, -0.2) is 0 Å². The number of unbranched alkanes of at least 4 members (excludes halogenated alkanes) is 3. The summed E-state index contributed by atoms with van der Waals surface area (Å²) in [6.45, 7) is 6.86. The highest BCUT2D eigenvalue weighted by Gasteiger charge is 2.10. The highest BCUT2D eigenvalue weighted by molar-refractivity contribution is 5.91. The van der Waals surface area contributed by atoms with Crippen molar-refractivity contribution in [1.29, 1.82) is 0 Å². The van der Waals surface area contributed by atoms with Crippen molar-refractivity contribution >= 4 is 10.8 Å². The van der Waals surface area contributed by atoms with Crippen LogP contribution in [-0.4, -0.2) is 0 Å². The predicted molar refractivity (Wildman–Crippen MR) is 99.8 cm³/mol. The third-order valence-corrected chi connectivity index (χ3v) is 4.70. The summed E-state index contributed by atoms with van der Waals surface area (Å²) in [5.41, 5.74) is 4.70. The number of benzene rings is 2. The summed E-state index contributed by atoms with van der Waals surface area (Å²) in [7, 11) is 0. The monoisotopic (exact) mass is 296 g/mol. The summed E-state index contributed by atoms with van der Waals surface area (Å²) in [5.74, 6) is 0. The first-order chi connectivity index (χ1) is 10.8. The van der Waals surface area contributed by atoms with Crippen LogP contribution in [0.4, 0.5) is 0 Å². The van der Waals surface area contributed by atoms with E-state index in [0.717, 1.165) is 0 Å². The molecule has 2 aromatic rings. The van der Waals surface area contributed by atoms with E-state index in [0.29, 0.717) is 0 Å². The molecular weight excluding hydrogens is 264 g/mol. The first kappa shape index (κ1) is 17.1. The van der Waals surface area contributed by atoms with Crippen LogP contribution in [-0.2, 0) is 19.3 Å². The van der Waals surface area contributed by atoms with Crippen LogP contribution in [0.2, 0.25) is 0 Å². The Labute approximate surface area is 136 Å². The van der Waals surface area contributed by atoms with Crippen molar-refractivity contribution < 1.29 is 0 Å². The lowest BCUT2D eigenvalue weighted by atomic mass is 9.90. The maximum absolute atomic E-state index is 2.42. The molecular formula is C22H32. The van der Waals surface area contributed by atoms with Gasteiger partial charge in [0, 0.05) is 0 Å². The first-order valence-electron chi connectivity index (χ1n) is 9.34. The van der Waals surface area contributed by atoms with Crippen molar-refractivity contribution in [2.24, 2.45) is 0 Å². The molecule has 0 amide bonds. The van der Waals surface area contributed by atoms with Crippen LogP contribution >= 0.6 is 0 Å². The van der Waals surface area contributed by atoms with E-state index in [9.17, 15) is 0 Å². The van der Waals surface area contributed by atoms with Gasteiger partial charge in [-0.1, -0.05) is 70.4 Å². The summed E-state index contributed by atoms with van der Waals surface area (Å²) < 4.78 is 0. The molecule has 0 aliphatic rings. The fourth-order valence-electron chi connectivity index (χ4n) is 3.36. The average molecular weight is 296 g/mol. The van der Waals surface area contributed by atoms with Gasteiger partial charge in [0.15, 0.2) is 0 Å². The Morgan fingerprint density at radius 3 is 1.68 bits per heavy atom. The minimum Gasteiger partial charge on any atom is -0.0654 e. The van der Waals surface area contributed by atoms with E-state index < -0.39 is 0 Å². The van der Waals surface area contributed by atoms with E-state index >= 15 is 0 Å². The number of rotatable bonds is 9. The molecule has 0 unspecified atom stereocenters. The minimum atomic E-state index is 1.22. The molecule has 0 radical (unpaired) electrons. The number of aryl methyl sites for hydroxylation is 3. The molecule has 0 N–H and O–H groups in total. The molecule has 2 aromatic carbocycles. The Bertz CT molecular complexity index is 566. The zero-order chi connectivity index (χ0) is 15.8. The Balaban J connectivity index is 2.48. The zero-order valence-electron chi connectivity index (χ0n) is 14.8. The van der Waals surface area contributed by atoms with Gasteiger partial charge in [-0.05, 0) is 66.0 Å². The van der Waals surface area contributed by atoms with E-state index in [2.05, 4.69) is 51.1 Å². The van der Waals surface area contributed by atoms with E-state index in [1.54, 1.807) is 22.1 Å². The number of hydrogen-bond donors (Lipinski definition) is 0. The second kappa shape index (κ2) is 8.98. The maximum atomic E-state index is 2.42. The van der Waals surface area contributed by atoms with Crippen LogP contribution in [0.1, 0.15) is 76.0 Å². The van der Waals surface area contributed by atoms with Crippen LogP contribution in [0, 0.1) is 0 Å². The molecule has 0 atom stereocenters. The van der Waals surface area contributed by atoms with Gasteiger partial charge in [0.25, 0.3) is 0 Å². The molecule has 120 valence electrons. The number of fused-ring (bicyclic) bond motifs is 1. The van der Waals surface area contributed by atoms with Crippen LogP contribution in [0.3, 0.4) is 0 Å². The van der Waals surface area contributed by atoms with Crippen molar-refractivity contribution in [1.82, 2.24) is 0 Å². The predicted octanol–water partition coefficient (Wildman–Crippen LogP) is 6.87. The highest BCUT2D eigenvalue weighted by atomic mass is 14.1. The van der Waals surface area contributed by atoms with Crippen molar-refractivity contribution in [3.63, 3.8) is 0 Å². The van der Waals surface area contributed by atoms with Gasteiger partial charge < -0.3 is 0 Å². The Morgan fingerprint density at radius 2 is 1.09 bits per heavy atom. The summed E-state index contributed by atoms with van der Waals surface area (Å²) in [4.78, 5) is 0. The summed E-state index contributed by atoms with van der Waals surface area (Å²) >= 11 is 0. The van der Waals surface area contributed by atoms with Crippen molar-refractivity contribution in [2.75, 3.05) is 0 Å². The molecule has 22 heavy (non-hydrogen) atoms. The third kappa shape index (κ3) is 4.12. The molecule has 0 aliphatic heterocycles. The third-order valence-electron chi connectivity index (χ3n) is 4.70. The van der Waals surface area contributed by atoms with Crippen molar-refractivity contribution in [2.45, 2.75) is 78.6 Å². The average Bonchev–Trinajstić information content (AvgIpc) is 2.56. The zero-order valence-corrected chi connectivity index (χ0v) is 14.8. The molecule has 0 aromatic heterocycles.